The summed E-state index contributed by atoms with van der Waals surface area (Å²) in [6, 6.07) is 14.9. The van der Waals surface area contributed by atoms with Gasteiger partial charge in [0, 0.05) is 0 Å². The molecule has 0 aromatic heterocycles. The average Bonchev–Trinajstić information content (AvgIpc) is 0.791. The Labute approximate surface area is 734 Å². The van der Waals surface area contributed by atoms with Crippen LogP contribution in [0.2, 0.25) is 0 Å². The Morgan fingerprint density at radius 1 is 0.267 bits per heavy atom. The maximum absolute atomic E-state index is 10.00. The Morgan fingerprint density at radius 3 is 0.741 bits per heavy atom. The van der Waals surface area contributed by atoms with E-state index in [0.29, 0.717) is 0 Å². The number of hydrogen-bond acceptors (Lipinski definition) is 0. The zero-order chi connectivity index (χ0) is 83.5. The third kappa shape index (κ3) is 74.6. The van der Waals surface area contributed by atoms with Crippen molar-refractivity contribution in [1.82, 2.24) is 0 Å². The van der Waals surface area contributed by atoms with Crippen LogP contribution < -0.4 is 0 Å². The van der Waals surface area contributed by atoms with Crippen LogP contribution in [0, 0.1) is 0 Å². The second-order valence-electron chi connectivity index (χ2n) is 36.3. The molecule has 2 aromatic rings. The molecule has 0 unspecified atom stereocenters. The average molecular weight is 1650 g/mol. The number of allylic oxidation sites excluding steroid dienone is 6. The second-order valence-corrected chi connectivity index (χ2v) is 37.3. The van der Waals surface area contributed by atoms with Crippen LogP contribution in [-0.4, -0.2) is 10.7 Å². The molecule has 0 aliphatic carbocycles. The van der Waals surface area contributed by atoms with Crippen molar-refractivity contribution < 1.29 is 19.2 Å². The van der Waals surface area contributed by atoms with E-state index in [0.717, 1.165) is 50.5 Å². The van der Waals surface area contributed by atoms with Crippen molar-refractivity contribution in [3.05, 3.63) is 121 Å². The minimum Gasteiger partial charge on any atom is -0.0654 e. The van der Waals surface area contributed by atoms with Crippen molar-refractivity contribution in [1.29, 1.82) is 0 Å². The third-order valence-electron chi connectivity index (χ3n) is 24.8. The van der Waals surface area contributed by atoms with Crippen LogP contribution >= 0.6 is 0 Å². The van der Waals surface area contributed by atoms with Crippen molar-refractivity contribution in [3.8, 4) is 0 Å². The first-order chi connectivity index (χ1) is 57.4. The molecule has 0 aliphatic rings. The van der Waals surface area contributed by atoms with Gasteiger partial charge >= 0.3 is 171 Å². The van der Waals surface area contributed by atoms with Gasteiger partial charge in [-0.2, -0.15) is 0 Å². The normalized spacial score (nSPS) is 12.0. The smallest absolute Gasteiger partial charge is 0.0654 e. The Hall–Kier alpha value is -3.21. The van der Waals surface area contributed by atoms with Gasteiger partial charge in [0.25, 0.3) is 0 Å². The van der Waals surface area contributed by atoms with E-state index in [-0.39, 0.29) is 0 Å². The van der Waals surface area contributed by atoms with Crippen LogP contribution in [0.25, 0.3) is 23.3 Å². The van der Waals surface area contributed by atoms with Gasteiger partial charge in [-0.3, -0.25) is 0 Å². The molecule has 2 aromatic carbocycles. The Kier molecular flexibility index (Phi) is 88.4. The van der Waals surface area contributed by atoms with Gasteiger partial charge < -0.3 is 5.53 Å². The van der Waals surface area contributed by atoms with E-state index in [9.17, 15) is 5.53 Å². The van der Waals surface area contributed by atoms with E-state index in [2.05, 4.69) is 149 Å². The predicted octanol–water partition coefficient (Wildman–Crippen LogP) is 40.5. The molecule has 0 aliphatic heterocycles. The predicted molar refractivity (Wildman–Crippen MR) is 525 cm³/mol. The number of unbranched alkanes of at least 4 members (excludes halogenated alkanes) is 71. The summed E-state index contributed by atoms with van der Waals surface area (Å²) in [5.41, 5.74) is 21.5. The van der Waals surface area contributed by atoms with Crippen LogP contribution in [0.5, 0.6) is 0 Å². The summed E-state index contributed by atoms with van der Waals surface area (Å²) in [7, 11) is 0. The Balaban J connectivity index is 0.00000129. The molecule has 0 radical (unpaired) electrons. The standard InChI is InChI=1S/C69H114N2.2C22H43.Ni/c1-7-12-17-21-25-27-29-31-33-35-37-39-43-47-51-64-55-65(52-48-44-40-38-36-34-32-30-28-26-22-18-13-8-2)59-68(58-64)69(61(6)66(60-71-70)53-16-11-5)67-56-62(49-45-41-23-19-14-9-3)54-63(57-67)50-46-42-24-20-15-10-4;2*1-3-5-7-9-11-13-15-17-19-21-22-20-18-16-14-12-10-8-6-4-2;/h47-48,51-52,54-59H,7-46,49-50,53H2,1-6H3;2*1,3H,4-22H2,2H3;. The first-order valence-electron chi connectivity index (χ1n) is 52.6. The fourth-order valence-corrected chi connectivity index (χ4v) is 17.8. The van der Waals surface area contributed by atoms with Gasteiger partial charge in [0.05, 0.1) is 5.57 Å². The molecule has 2 rings (SSSR count). The zero-order valence-corrected chi connectivity index (χ0v) is 80.6. The van der Waals surface area contributed by atoms with E-state index >= 15 is 0 Å². The molecule has 116 heavy (non-hydrogen) atoms. The molecule has 0 atom stereocenters. The van der Waals surface area contributed by atoms with E-state index in [4.69, 9.17) is 0 Å². The molecule has 0 saturated carbocycles. The molecule has 0 N–H and O–H groups in total. The van der Waals surface area contributed by atoms with E-state index < -0.39 is 0 Å². The molecule has 0 saturated heterocycles. The number of aryl methyl sites for hydroxylation is 2. The maximum atomic E-state index is 10.00. The molecule has 672 valence electrons. The van der Waals surface area contributed by atoms with Gasteiger partial charge in [0.2, 0.25) is 0 Å². The summed E-state index contributed by atoms with van der Waals surface area (Å²) >= 11 is 1.69. The first kappa shape index (κ1) is 111. The number of hydrogen-bond donors (Lipinski definition) is 0. The van der Waals surface area contributed by atoms with Crippen molar-refractivity contribution in [2.45, 2.75) is 575 Å². The minimum absolute atomic E-state index is 0.850. The quantitative estimate of drug-likeness (QED) is 0.0158. The van der Waals surface area contributed by atoms with Gasteiger partial charge in [0.1, 0.15) is 0 Å². The molecule has 0 spiro atoms. The van der Waals surface area contributed by atoms with Crippen molar-refractivity contribution in [2.75, 3.05) is 0 Å². The number of benzene rings is 2. The number of rotatable bonds is 88. The Morgan fingerprint density at radius 2 is 0.491 bits per heavy atom. The first-order valence-corrected chi connectivity index (χ1v) is 53.7. The molecule has 0 heterocycles. The van der Waals surface area contributed by atoms with Crippen LogP contribution in [0.3, 0.4) is 0 Å². The molecule has 3 heteroatoms. The van der Waals surface area contributed by atoms with Gasteiger partial charge in [-0.15, -0.1) is 4.79 Å². The fraction of sp³-hybridized carbons (Fsp3) is 0.788. The molecule has 0 fully saturated rings. The van der Waals surface area contributed by atoms with Crippen LogP contribution in [0.1, 0.15) is 596 Å². The van der Waals surface area contributed by atoms with E-state index in [1.165, 1.54) is 520 Å². The van der Waals surface area contributed by atoms with Gasteiger partial charge in [-0.05, 0) is 134 Å². The minimum atomic E-state index is 0.850. The second kappa shape index (κ2) is 92.5. The molecule has 0 bridgehead atoms. The van der Waals surface area contributed by atoms with Gasteiger partial charge in [0.15, 0.2) is 0 Å². The Bertz CT molecular complexity index is 2470. The van der Waals surface area contributed by atoms with Crippen molar-refractivity contribution in [2.24, 2.45) is 0 Å². The summed E-state index contributed by atoms with van der Waals surface area (Å²) in [5.74, 6) is 3.09. The third-order valence-corrected chi connectivity index (χ3v) is 25.7. The van der Waals surface area contributed by atoms with Gasteiger partial charge in [-0.25, -0.2) is 0 Å². The number of nitrogens with zero attached hydrogens (tertiary/aromatic N) is 2. The van der Waals surface area contributed by atoms with E-state index in [1.54, 1.807) is 14.4 Å². The van der Waals surface area contributed by atoms with Gasteiger partial charge in [-0.1, -0.05) is 418 Å². The van der Waals surface area contributed by atoms with Crippen LogP contribution in [-0.2, 0) is 27.3 Å². The van der Waals surface area contributed by atoms with Crippen LogP contribution in [0.4, 0.5) is 0 Å². The zero-order valence-electron chi connectivity index (χ0n) is 79.6. The monoisotopic (exact) mass is 1640 g/mol. The summed E-state index contributed by atoms with van der Waals surface area (Å²) in [6.45, 7) is 18.4. The van der Waals surface area contributed by atoms with Crippen molar-refractivity contribution in [3.63, 3.8) is 0 Å². The topological polar surface area (TPSA) is 36.4 Å². The van der Waals surface area contributed by atoms with Crippen molar-refractivity contribution >= 4 is 23.6 Å². The molecular formula is C113H200N2Ni. The summed E-state index contributed by atoms with van der Waals surface area (Å²) in [6.07, 6.45) is 126. The molecule has 2 nitrogen and oxygen atoms in total. The summed E-state index contributed by atoms with van der Waals surface area (Å²) in [5, 5.41) is 4.65. The fourth-order valence-electron chi connectivity index (χ4n) is 17.1. The van der Waals surface area contributed by atoms with Crippen LogP contribution in [0.15, 0.2) is 81.9 Å². The van der Waals surface area contributed by atoms with E-state index in [1.807, 2.05) is 0 Å². The summed E-state index contributed by atoms with van der Waals surface area (Å²) in [4.78, 5) is 3.55. The summed E-state index contributed by atoms with van der Waals surface area (Å²) < 4.78 is 0. The molecular weight excluding hydrogens is 1440 g/mol. The SMILES string of the molecule is CCCCCCCCCCCCCCC=Cc1cc(C=CCCCCCCCCCCCCCC)cc(C(=C(C)C(=C=[N+]=[N-])CCCC)c2cc(CCCCCCCC)cc(CCCCCCCC)c2)c1.CCCCCCCCCCCCCCCCCCCCC=[CH][Ni][CH]=CCCCCCCCCCCCCCCCCCCCC. The molecule has 0 amide bonds.